The summed E-state index contributed by atoms with van der Waals surface area (Å²) in [5.41, 5.74) is 2.58. The highest BCUT2D eigenvalue weighted by Crippen LogP contribution is 2.39. The van der Waals surface area contributed by atoms with Gasteiger partial charge in [-0.1, -0.05) is 11.6 Å². The molecule has 1 atom stereocenters. The van der Waals surface area contributed by atoms with E-state index in [2.05, 4.69) is 34.0 Å². The molecule has 3 aromatic rings. The van der Waals surface area contributed by atoms with Gasteiger partial charge >= 0.3 is 6.09 Å². The molecular formula is C27H32ClN7O2. The maximum absolute atomic E-state index is 12.7. The summed E-state index contributed by atoms with van der Waals surface area (Å²) in [6.07, 6.45) is 5.66. The smallest absolute Gasteiger partial charge is 0.410 e. The number of anilines is 2. The van der Waals surface area contributed by atoms with Crippen LogP contribution >= 0.6 is 11.6 Å². The van der Waals surface area contributed by atoms with Crippen molar-refractivity contribution in [3.05, 3.63) is 41.3 Å². The van der Waals surface area contributed by atoms with Crippen LogP contribution < -0.4 is 9.80 Å². The molecule has 0 saturated carbocycles. The fourth-order valence-corrected chi connectivity index (χ4v) is 5.41. The van der Waals surface area contributed by atoms with Crippen LogP contribution in [0.4, 0.5) is 16.3 Å². The van der Waals surface area contributed by atoms with Crippen molar-refractivity contribution >= 4 is 40.2 Å². The minimum atomic E-state index is -0.532. The van der Waals surface area contributed by atoms with Crippen LogP contribution in [-0.2, 0) is 4.74 Å². The lowest BCUT2D eigenvalue weighted by Crippen LogP contribution is -2.54. The first kappa shape index (κ1) is 25.2. The summed E-state index contributed by atoms with van der Waals surface area (Å²) in [5.74, 6) is 0.851. The van der Waals surface area contributed by atoms with E-state index in [-0.39, 0.29) is 12.1 Å². The molecule has 4 heterocycles. The molecular weight excluding hydrogens is 490 g/mol. The van der Waals surface area contributed by atoms with E-state index in [9.17, 15) is 10.1 Å². The predicted octanol–water partition coefficient (Wildman–Crippen LogP) is 4.99. The molecule has 0 radical (unpaired) electrons. The Morgan fingerprint density at radius 2 is 1.89 bits per heavy atom. The second-order valence-corrected chi connectivity index (χ2v) is 11.2. The van der Waals surface area contributed by atoms with E-state index in [1.165, 1.54) is 0 Å². The number of carbonyl (C=O) groups excluding carboxylic acids is 1. The van der Waals surface area contributed by atoms with Crippen molar-refractivity contribution in [1.82, 2.24) is 19.4 Å². The monoisotopic (exact) mass is 521 g/mol. The average molecular weight is 522 g/mol. The molecule has 2 fully saturated rings. The van der Waals surface area contributed by atoms with Gasteiger partial charge in [-0.25, -0.2) is 14.8 Å². The molecule has 2 aliphatic rings. The second-order valence-electron chi connectivity index (χ2n) is 10.8. The lowest BCUT2D eigenvalue weighted by Gasteiger charge is -2.41. The van der Waals surface area contributed by atoms with Gasteiger partial charge in [-0.2, -0.15) is 5.26 Å². The summed E-state index contributed by atoms with van der Waals surface area (Å²) in [6.45, 7) is 11.4. The Bertz CT molecular complexity index is 1370. The molecule has 2 aromatic heterocycles. The van der Waals surface area contributed by atoms with Crippen molar-refractivity contribution in [2.24, 2.45) is 0 Å². The first-order chi connectivity index (χ1) is 17.6. The highest BCUT2D eigenvalue weighted by atomic mass is 35.5. The van der Waals surface area contributed by atoms with E-state index in [0.717, 1.165) is 54.2 Å². The van der Waals surface area contributed by atoms with Crippen LogP contribution in [0.5, 0.6) is 0 Å². The van der Waals surface area contributed by atoms with Gasteiger partial charge in [0.05, 0.1) is 22.7 Å². The van der Waals surface area contributed by atoms with Gasteiger partial charge < -0.3 is 19.4 Å². The van der Waals surface area contributed by atoms with Gasteiger partial charge in [0.25, 0.3) is 0 Å². The number of halogens is 1. The van der Waals surface area contributed by atoms with Gasteiger partial charge in [0, 0.05) is 55.7 Å². The van der Waals surface area contributed by atoms with Crippen molar-refractivity contribution in [2.75, 3.05) is 42.5 Å². The molecule has 2 saturated heterocycles. The molecule has 0 N–H and O–H groups in total. The van der Waals surface area contributed by atoms with Crippen LogP contribution in [0.1, 0.15) is 46.1 Å². The summed E-state index contributed by atoms with van der Waals surface area (Å²) in [6, 6.07) is 7.55. The average Bonchev–Trinajstić information content (AvgIpc) is 3.50. The third-order valence-electron chi connectivity index (χ3n) is 6.83. The summed E-state index contributed by atoms with van der Waals surface area (Å²) in [5, 5.41) is 11.0. The maximum Gasteiger partial charge on any atom is 0.410 e. The van der Waals surface area contributed by atoms with E-state index in [4.69, 9.17) is 21.3 Å². The topological polar surface area (TPSA) is 90.5 Å². The van der Waals surface area contributed by atoms with Crippen LogP contribution in [0.3, 0.4) is 0 Å². The number of amides is 1. The molecule has 0 unspecified atom stereocenters. The fraction of sp³-hybridized carbons (Fsp3) is 0.481. The largest absolute Gasteiger partial charge is 0.444 e. The standard InChI is InChI=1S/C27H32ClN7O2/c1-18-15-33(26(36)37-27(2,3)4)9-10-34(18)24-23-22(32-7-5-6-8-32)16-35(25(23)31-17-30-24)21-12-19(14-29)11-20(28)13-21/h11-13,16-18H,5-10,15H2,1-4H3/t18-/m0/s1. The number of fused-ring (bicyclic) bond motifs is 1. The van der Waals surface area contributed by atoms with Crippen molar-refractivity contribution in [2.45, 2.75) is 52.2 Å². The van der Waals surface area contributed by atoms with Crippen LogP contribution in [0.25, 0.3) is 16.7 Å². The Morgan fingerprint density at radius 1 is 1.14 bits per heavy atom. The number of hydrogen-bond acceptors (Lipinski definition) is 7. The first-order valence-electron chi connectivity index (χ1n) is 12.7. The zero-order valence-corrected chi connectivity index (χ0v) is 22.5. The van der Waals surface area contributed by atoms with Crippen molar-refractivity contribution in [3.63, 3.8) is 0 Å². The van der Waals surface area contributed by atoms with Crippen LogP contribution in [0.2, 0.25) is 5.02 Å². The van der Waals surface area contributed by atoms with Crippen LogP contribution in [0.15, 0.2) is 30.7 Å². The summed E-state index contributed by atoms with van der Waals surface area (Å²) >= 11 is 6.36. The Hall–Kier alpha value is -3.51. The van der Waals surface area contributed by atoms with E-state index in [1.54, 1.807) is 17.3 Å². The molecule has 5 rings (SSSR count). The van der Waals surface area contributed by atoms with E-state index in [1.807, 2.05) is 37.5 Å². The molecule has 0 aliphatic carbocycles. The van der Waals surface area contributed by atoms with Crippen molar-refractivity contribution in [3.8, 4) is 11.8 Å². The third kappa shape index (κ3) is 5.03. The quantitative estimate of drug-likeness (QED) is 0.479. The number of aromatic nitrogens is 3. The zero-order chi connectivity index (χ0) is 26.3. The first-order valence-corrected chi connectivity index (χ1v) is 13.1. The number of piperazine rings is 1. The van der Waals surface area contributed by atoms with Gasteiger partial charge in [-0.05, 0) is 58.7 Å². The lowest BCUT2D eigenvalue weighted by molar-refractivity contribution is 0.0218. The van der Waals surface area contributed by atoms with Gasteiger partial charge in [-0.15, -0.1) is 0 Å². The number of benzene rings is 1. The number of nitrogens with zero attached hydrogens (tertiary/aromatic N) is 7. The van der Waals surface area contributed by atoms with Gasteiger partial charge in [-0.3, -0.25) is 4.57 Å². The summed E-state index contributed by atoms with van der Waals surface area (Å²) < 4.78 is 7.61. The maximum atomic E-state index is 12.7. The van der Waals surface area contributed by atoms with Gasteiger partial charge in [0.1, 0.15) is 17.7 Å². The van der Waals surface area contributed by atoms with Gasteiger partial charge in [0.15, 0.2) is 5.65 Å². The molecule has 0 bridgehead atoms. The van der Waals surface area contributed by atoms with E-state index < -0.39 is 5.60 Å². The number of rotatable bonds is 3. The van der Waals surface area contributed by atoms with Crippen molar-refractivity contribution < 1.29 is 9.53 Å². The number of carbonyl (C=O) groups is 1. The number of ether oxygens (including phenoxy) is 1. The molecule has 2 aliphatic heterocycles. The Labute approximate surface area is 222 Å². The fourth-order valence-electron chi connectivity index (χ4n) is 5.18. The molecule has 10 heteroatoms. The zero-order valence-electron chi connectivity index (χ0n) is 21.7. The second kappa shape index (κ2) is 9.75. The molecule has 0 spiro atoms. The Morgan fingerprint density at radius 3 is 2.57 bits per heavy atom. The Kier molecular flexibility index (Phi) is 6.63. The van der Waals surface area contributed by atoms with E-state index >= 15 is 0 Å². The lowest BCUT2D eigenvalue weighted by atomic mass is 10.1. The molecule has 1 aromatic carbocycles. The SMILES string of the molecule is C[C@H]1CN(C(=O)OC(C)(C)C)CCN1c1ncnc2c1c(N1CCCC1)cn2-c1cc(Cl)cc(C#N)c1. The molecule has 37 heavy (non-hydrogen) atoms. The highest BCUT2D eigenvalue weighted by Gasteiger charge is 2.33. The summed E-state index contributed by atoms with van der Waals surface area (Å²) in [4.78, 5) is 28.6. The van der Waals surface area contributed by atoms with Crippen molar-refractivity contribution in [1.29, 1.82) is 5.26 Å². The minimum absolute atomic E-state index is 0.0329. The third-order valence-corrected chi connectivity index (χ3v) is 7.05. The summed E-state index contributed by atoms with van der Waals surface area (Å²) in [7, 11) is 0. The molecule has 1 amide bonds. The molecule has 194 valence electrons. The van der Waals surface area contributed by atoms with E-state index in [0.29, 0.717) is 30.2 Å². The minimum Gasteiger partial charge on any atom is -0.444 e. The number of nitriles is 1. The predicted molar refractivity (Wildman–Crippen MR) is 145 cm³/mol. The van der Waals surface area contributed by atoms with Gasteiger partial charge in [0.2, 0.25) is 0 Å². The van der Waals surface area contributed by atoms with Crippen LogP contribution in [0, 0.1) is 11.3 Å². The highest BCUT2D eigenvalue weighted by molar-refractivity contribution is 6.30. The normalized spacial score (nSPS) is 18.4. The van der Waals surface area contributed by atoms with Crippen LogP contribution in [-0.4, -0.2) is 69.9 Å². The number of hydrogen-bond donors (Lipinski definition) is 0. The molecule has 9 nitrogen and oxygen atoms in total. The Balaban J connectivity index is 1.56.